The topological polar surface area (TPSA) is 61.8 Å². The minimum atomic E-state index is -1.02. The van der Waals surface area contributed by atoms with E-state index >= 15 is 0 Å². The zero-order valence-electron chi connectivity index (χ0n) is 15.8. The maximum Gasteiger partial charge on any atom is 0.331 e. The van der Waals surface area contributed by atoms with Crippen LogP contribution in [0.15, 0.2) is 72.8 Å². The van der Waals surface area contributed by atoms with Crippen LogP contribution in [0.2, 0.25) is 0 Å². The van der Waals surface area contributed by atoms with E-state index in [1.54, 1.807) is 23.5 Å². The highest BCUT2D eigenvalue weighted by Gasteiger charge is 2.10. The highest BCUT2D eigenvalue weighted by molar-refractivity contribution is 7.96. The maximum atomic E-state index is 14.9. The molecule has 0 amide bonds. The van der Waals surface area contributed by atoms with E-state index in [9.17, 15) is 9.18 Å². The number of hydrogen-bond acceptors (Lipinski definition) is 5. The van der Waals surface area contributed by atoms with Crippen molar-refractivity contribution in [1.82, 2.24) is 0 Å². The summed E-state index contributed by atoms with van der Waals surface area (Å²) in [6, 6.07) is 22.4. The zero-order chi connectivity index (χ0) is 20.6. The van der Waals surface area contributed by atoms with Gasteiger partial charge in [-0.15, -0.1) is 0 Å². The number of carboxylic acids is 1. The second-order valence-electron chi connectivity index (χ2n) is 6.27. The van der Waals surface area contributed by atoms with Crippen LogP contribution in [0.4, 0.5) is 15.8 Å². The van der Waals surface area contributed by atoms with Gasteiger partial charge in [0.05, 0.1) is 0 Å². The minimum absolute atomic E-state index is 0.227. The summed E-state index contributed by atoms with van der Waals surface area (Å²) in [5, 5.41) is 11.8. The summed E-state index contributed by atoms with van der Waals surface area (Å²) in [5.74, 6) is -1.25. The molecule has 3 aromatic carbocycles. The van der Waals surface area contributed by atoms with Gasteiger partial charge in [-0.1, -0.05) is 48.5 Å². The molecular formula is C22H21FN2O3S. The lowest BCUT2D eigenvalue weighted by Gasteiger charge is -2.17. The molecule has 3 aromatic rings. The highest BCUT2D eigenvalue weighted by atomic mass is 32.2. The van der Waals surface area contributed by atoms with E-state index in [4.69, 9.17) is 9.29 Å². The maximum absolute atomic E-state index is 14.9. The molecule has 2 N–H and O–H groups in total. The number of carboxylic acid groups (broad SMARTS) is 1. The first-order valence-corrected chi connectivity index (χ1v) is 9.66. The third-order valence-electron chi connectivity index (χ3n) is 4.22. The number of hydrogen-bond donors (Lipinski definition) is 2. The lowest BCUT2D eigenvalue weighted by Crippen LogP contribution is -2.11. The van der Waals surface area contributed by atoms with Crippen LogP contribution in [0.5, 0.6) is 0 Å². The van der Waals surface area contributed by atoms with E-state index in [0.29, 0.717) is 17.7 Å². The van der Waals surface area contributed by atoms with Crippen LogP contribution < -0.4 is 9.62 Å². The van der Waals surface area contributed by atoms with E-state index in [1.807, 2.05) is 60.7 Å². The fourth-order valence-corrected chi connectivity index (χ4v) is 3.26. The van der Waals surface area contributed by atoms with Gasteiger partial charge >= 0.3 is 5.97 Å². The molecule has 0 heterocycles. The summed E-state index contributed by atoms with van der Waals surface area (Å²) in [6.45, 7) is -0.0135. The fourth-order valence-electron chi connectivity index (χ4n) is 2.74. The van der Waals surface area contributed by atoms with Crippen molar-refractivity contribution in [3.63, 3.8) is 0 Å². The number of anilines is 2. The molecule has 3 rings (SSSR count). The lowest BCUT2D eigenvalue weighted by atomic mass is 10.0. The average molecular weight is 412 g/mol. The third kappa shape index (κ3) is 5.73. The minimum Gasteiger partial charge on any atom is -0.479 e. The molecule has 0 spiro atoms. The molecule has 0 aliphatic rings. The van der Waals surface area contributed by atoms with E-state index in [1.165, 1.54) is 0 Å². The number of nitrogens with one attached hydrogen (secondary N) is 1. The molecule has 0 saturated carbocycles. The first-order valence-electron chi connectivity index (χ1n) is 8.96. The molecule has 0 bridgehead atoms. The standard InChI is InChI=1S/C22H21FN2O3S/c1-25(29-28-15-21(26)27)19-12-10-18(11-13-19)24-14-17-8-5-9-20(22(17)23)16-6-3-2-4-7-16/h2-13,24H,14-15H2,1H3,(H,26,27). The Morgan fingerprint density at radius 3 is 2.48 bits per heavy atom. The molecule has 5 nitrogen and oxygen atoms in total. The molecule has 0 aliphatic carbocycles. The van der Waals surface area contributed by atoms with Crippen molar-refractivity contribution in [3.05, 3.63) is 84.2 Å². The molecule has 0 fully saturated rings. The second-order valence-corrected chi connectivity index (χ2v) is 7.21. The summed E-state index contributed by atoms with van der Waals surface area (Å²) < 4.78 is 21.6. The van der Waals surface area contributed by atoms with Gasteiger partial charge in [-0.3, -0.25) is 8.49 Å². The van der Waals surface area contributed by atoms with Crippen LogP contribution in [-0.4, -0.2) is 24.7 Å². The number of carbonyl (C=O) groups is 1. The van der Waals surface area contributed by atoms with Crippen LogP contribution in [-0.2, 0) is 15.5 Å². The third-order valence-corrected chi connectivity index (χ3v) is 4.88. The van der Waals surface area contributed by atoms with Crippen molar-refractivity contribution >= 4 is 29.6 Å². The largest absolute Gasteiger partial charge is 0.479 e. The molecule has 0 aliphatic heterocycles. The number of benzene rings is 3. The number of halogens is 1. The monoisotopic (exact) mass is 412 g/mol. The molecule has 29 heavy (non-hydrogen) atoms. The Bertz CT molecular complexity index is 952. The Kier molecular flexibility index (Phi) is 7.10. The molecule has 7 heteroatoms. The average Bonchev–Trinajstić information content (AvgIpc) is 2.73. The van der Waals surface area contributed by atoms with Crippen LogP contribution in [0.3, 0.4) is 0 Å². The molecule has 0 radical (unpaired) electrons. The van der Waals surface area contributed by atoms with Gasteiger partial charge in [0.1, 0.15) is 18.0 Å². The molecular weight excluding hydrogens is 391 g/mol. The quantitative estimate of drug-likeness (QED) is 0.372. The molecule has 0 saturated heterocycles. The predicted molar refractivity (Wildman–Crippen MR) is 115 cm³/mol. The van der Waals surface area contributed by atoms with Gasteiger partial charge < -0.3 is 10.4 Å². The van der Waals surface area contributed by atoms with Gasteiger partial charge in [0.2, 0.25) is 0 Å². The summed E-state index contributed by atoms with van der Waals surface area (Å²) in [5.41, 5.74) is 3.72. The van der Waals surface area contributed by atoms with Gasteiger partial charge in [0, 0.05) is 36.1 Å². The van der Waals surface area contributed by atoms with Crippen molar-refractivity contribution in [1.29, 1.82) is 0 Å². The van der Waals surface area contributed by atoms with Crippen molar-refractivity contribution in [2.24, 2.45) is 0 Å². The molecule has 150 valence electrons. The first kappa shape index (κ1) is 20.7. The normalized spacial score (nSPS) is 10.6. The van der Waals surface area contributed by atoms with Crippen LogP contribution in [0.25, 0.3) is 11.1 Å². The molecule has 0 atom stereocenters. The summed E-state index contributed by atoms with van der Waals surface area (Å²) in [4.78, 5) is 10.5. The first-order chi connectivity index (χ1) is 14.0. The summed E-state index contributed by atoms with van der Waals surface area (Å²) in [6.07, 6.45) is 0. The van der Waals surface area contributed by atoms with Gasteiger partial charge in [0.25, 0.3) is 0 Å². The second kappa shape index (κ2) is 9.95. The lowest BCUT2D eigenvalue weighted by molar-refractivity contribution is -0.138. The van der Waals surface area contributed by atoms with Crippen LogP contribution in [0, 0.1) is 5.82 Å². The van der Waals surface area contributed by atoms with Gasteiger partial charge in [-0.2, -0.15) is 0 Å². The molecule has 0 unspecified atom stereocenters. The Morgan fingerprint density at radius 1 is 1.07 bits per heavy atom. The van der Waals surface area contributed by atoms with Gasteiger partial charge in [0.15, 0.2) is 6.61 Å². The van der Waals surface area contributed by atoms with Crippen molar-refractivity contribution < 1.29 is 18.5 Å². The Hall–Kier alpha value is -3.03. The van der Waals surface area contributed by atoms with Crippen LogP contribution >= 0.6 is 12.2 Å². The Morgan fingerprint density at radius 2 is 1.79 bits per heavy atom. The number of aliphatic carboxylic acids is 1. The number of rotatable bonds is 9. The van der Waals surface area contributed by atoms with E-state index in [2.05, 4.69) is 5.32 Å². The fraction of sp³-hybridized carbons (Fsp3) is 0.136. The smallest absolute Gasteiger partial charge is 0.331 e. The SMILES string of the molecule is CN(SOCC(=O)O)c1ccc(NCc2cccc(-c3ccccc3)c2F)cc1. The van der Waals surface area contributed by atoms with Gasteiger partial charge in [-0.25, -0.2) is 9.18 Å². The van der Waals surface area contributed by atoms with Crippen LogP contribution in [0.1, 0.15) is 5.56 Å². The summed E-state index contributed by atoms with van der Waals surface area (Å²) >= 11 is 0.958. The number of nitrogens with zero attached hydrogens (tertiary/aromatic N) is 1. The van der Waals surface area contributed by atoms with E-state index < -0.39 is 5.97 Å². The summed E-state index contributed by atoms with van der Waals surface area (Å²) in [7, 11) is 1.78. The van der Waals surface area contributed by atoms with Crippen molar-refractivity contribution in [3.8, 4) is 11.1 Å². The van der Waals surface area contributed by atoms with E-state index in [0.717, 1.165) is 29.2 Å². The zero-order valence-corrected chi connectivity index (χ0v) is 16.7. The van der Waals surface area contributed by atoms with E-state index in [-0.39, 0.29) is 12.4 Å². The highest BCUT2D eigenvalue weighted by Crippen LogP contribution is 2.26. The van der Waals surface area contributed by atoms with Crippen molar-refractivity contribution in [2.45, 2.75) is 6.54 Å². The van der Waals surface area contributed by atoms with Gasteiger partial charge in [-0.05, 0) is 29.8 Å². The molecule has 0 aromatic heterocycles. The predicted octanol–water partition coefficient (Wildman–Crippen LogP) is 5.21. The Balaban J connectivity index is 1.61. The van der Waals surface area contributed by atoms with Crippen molar-refractivity contribution in [2.75, 3.05) is 23.3 Å². The Labute approximate surface area is 173 Å².